The van der Waals surface area contributed by atoms with Gasteiger partial charge in [-0.25, -0.2) is 19.3 Å². The molecule has 8 nitrogen and oxygen atoms in total. The predicted octanol–water partition coefficient (Wildman–Crippen LogP) is 4.35. The van der Waals surface area contributed by atoms with E-state index in [1.807, 2.05) is 18.2 Å². The molecule has 0 bridgehead atoms. The van der Waals surface area contributed by atoms with Gasteiger partial charge >= 0.3 is 0 Å². The SMILES string of the molecule is Nc1cncc(-c2ccc3[nH]nc(-c4nc5c(-c6ccccc6F)ccnc5[nH]4)c3n2)c1. The van der Waals surface area contributed by atoms with Crippen LogP contribution >= 0.6 is 0 Å². The van der Waals surface area contributed by atoms with Gasteiger partial charge in [0.15, 0.2) is 17.2 Å². The number of hydrogen-bond acceptors (Lipinski definition) is 6. The second kappa shape index (κ2) is 6.95. The standard InChI is InChI=1S/C23H15FN8/c24-16-4-2-1-3-14(16)15-7-8-27-22-19(15)29-23(30-22)21-20-18(31-32-21)6-5-17(28-20)12-9-13(25)11-26-10-12/h1-11H,25H2,(H,31,32)(H,27,29,30). The smallest absolute Gasteiger partial charge is 0.162 e. The maximum Gasteiger partial charge on any atom is 0.162 e. The van der Waals surface area contributed by atoms with Gasteiger partial charge in [-0.05, 0) is 30.3 Å². The Hall–Kier alpha value is -4.66. The first-order chi connectivity index (χ1) is 15.7. The molecule has 0 fully saturated rings. The van der Waals surface area contributed by atoms with Crippen LogP contribution in [0.25, 0.3) is 56.1 Å². The second-order valence-corrected chi connectivity index (χ2v) is 7.29. The topological polar surface area (TPSA) is 122 Å². The van der Waals surface area contributed by atoms with Crippen molar-refractivity contribution in [3.63, 3.8) is 0 Å². The summed E-state index contributed by atoms with van der Waals surface area (Å²) in [6.45, 7) is 0. The van der Waals surface area contributed by atoms with Crippen molar-refractivity contribution in [1.29, 1.82) is 0 Å². The minimum Gasteiger partial charge on any atom is -0.397 e. The average Bonchev–Trinajstić information content (AvgIpc) is 3.43. The Balaban J connectivity index is 1.52. The lowest BCUT2D eigenvalue weighted by atomic mass is 10.1. The summed E-state index contributed by atoms with van der Waals surface area (Å²) in [6, 6.07) is 13.9. The number of nitrogen functional groups attached to an aromatic ring is 1. The van der Waals surface area contributed by atoms with E-state index in [1.165, 1.54) is 6.07 Å². The number of fused-ring (bicyclic) bond motifs is 2. The number of hydrogen-bond donors (Lipinski definition) is 3. The second-order valence-electron chi connectivity index (χ2n) is 7.29. The molecule has 0 radical (unpaired) electrons. The zero-order chi connectivity index (χ0) is 21.7. The van der Waals surface area contributed by atoms with Crippen LogP contribution in [0.4, 0.5) is 10.1 Å². The number of aromatic amines is 2. The normalized spacial score (nSPS) is 11.4. The van der Waals surface area contributed by atoms with Gasteiger partial charge in [0.05, 0.1) is 16.9 Å². The molecule has 154 valence electrons. The van der Waals surface area contributed by atoms with Gasteiger partial charge in [-0.1, -0.05) is 18.2 Å². The maximum absolute atomic E-state index is 14.4. The summed E-state index contributed by atoms with van der Waals surface area (Å²) in [7, 11) is 0. The summed E-state index contributed by atoms with van der Waals surface area (Å²) in [6.07, 6.45) is 4.91. The number of nitrogens with one attached hydrogen (secondary N) is 2. The Morgan fingerprint density at radius 2 is 1.81 bits per heavy atom. The monoisotopic (exact) mass is 422 g/mol. The summed E-state index contributed by atoms with van der Waals surface area (Å²) in [5.41, 5.74) is 12.1. The summed E-state index contributed by atoms with van der Waals surface area (Å²) in [5.74, 6) is 0.162. The maximum atomic E-state index is 14.4. The van der Waals surface area contributed by atoms with Crippen LogP contribution in [0.15, 0.2) is 67.1 Å². The molecule has 5 aromatic heterocycles. The first-order valence-corrected chi connectivity index (χ1v) is 9.83. The fraction of sp³-hybridized carbons (Fsp3) is 0. The van der Waals surface area contributed by atoms with Crippen molar-refractivity contribution in [2.75, 3.05) is 5.73 Å². The van der Waals surface area contributed by atoms with Gasteiger partial charge in [0.1, 0.15) is 16.9 Å². The molecule has 0 atom stereocenters. The summed E-state index contributed by atoms with van der Waals surface area (Å²) >= 11 is 0. The van der Waals surface area contributed by atoms with Crippen molar-refractivity contribution in [2.45, 2.75) is 0 Å². The first kappa shape index (κ1) is 18.1. The van der Waals surface area contributed by atoms with E-state index in [0.29, 0.717) is 50.7 Å². The molecule has 0 aliphatic rings. The van der Waals surface area contributed by atoms with Gasteiger partial charge in [-0.15, -0.1) is 0 Å². The van der Waals surface area contributed by atoms with E-state index >= 15 is 0 Å². The van der Waals surface area contributed by atoms with E-state index in [9.17, 15) is 4.39 Å². The van der Waals surface area contributed by atoms with Crippen LogP contribution in [0.3, 0.4) is 0 Å². The average molecular weight is 422 g/mol. The van der Waals surface area contributed by atoms with Crippen molar-refractivity contribution in [3.05, 3.63) is 72.9 Å². The molecular formula is C23H15FN8. The molecule has 32 heavy (non-hydrogen) atoms. The third-order valence-electron chi connectivity index (χ3n) is 5.24. The Morgan fingerprint density at radius 3 is 2.69 bits per heavy atom. The van der Waals surface area contributed by atoms with Gasteiger partial charge in [0.2, 0.25) is 0 Å². The molecule has 0 spiro atoms. The highest BCUT2D eigenvalue weighted by atomic mass is 19.1. The Labute approximate surface area is 180 Å². The molecule has 4 N–H and O–H groups in total. The minimum absolute atomic E-state index is 0.322. The van der Waals surface area contributed by atoms with E-state index in [1.54, 1.807) is 42.9 Å². The van der Waals surface area contributed by atoms with Crippen molar-refractivity contribution < 1.29 is 4.39 Å². The third-order valence-corrected chi connectivity index (χ3v) is 5.24. The zero-order valence-electron chi connectivity index (χ0n) is 16.5. The fourth-order valence-electron chi connectivity index (χ4n) is 3.74. The quantitative estimate of drug-likeness (QED) is 0.390. The number of pyridine rings is 3. The molecule has 9 heteroatoms. The highest BCUT2D eigenvalue weighted by Gasteiger charge is 2.18. The van der Waals surface area contributed by atoms with Crippen LogP contribution < -0.4 is 5.73 Å². The van der Waals surface area contributed by atoms with Crippen molar-refractivity contribution >= 4 is 27.9 Å². The molecule has 0 saturated carbocycles. The number of nitrogens with zero attached hydrogens (tertiary/aromatic N) is 5. The molecule has 1 aromatic carbocycles. The van der Waals surface area contributed by atoms with E-state index in [4.69, 9.17) is 15.7 Å². The Morgan fingerprint density at radius 1 is 0.906 bits per heavy atom. The molecule has 0 unspecified atom stereocenters. The fourth-order valence-corrected chi connectivity index (χ4v) is 3.74. The number of nitrogens with two attached hydrogens (primary N) is 1. The van der Waals surface area contributed by atoms with Gasteiger partial charge in [-0.3, -0.25) is 10.1 Å². The van der Waals surface area contributed by atoms with E-state index in [2.05, 4.69) is 25.1 Å². The lowest BCUT2D eigenvalue weighted by Crippen LogP contribution is -1.90. The van der Waals surface area contributed by atoms with Crippen molar-refractivity contribution in [2.24, 2.45) is 0 Å². The number of halogens is 1. The Kier molecular flexibility index (Phi) is 3.94. The third kappa shape index (κ3) is 2.87. The van der Waals surface area contributed by atoms with Gasteiger partial charge < -0.3 is 10.7 Å². The number of imidazole rings is 1. The number of aromatic nitrogens is 7. The summed E-state index contributed by atoms with van der Waals surface area (Å²) in [4.78, 5) is 21.1. The number of anilines is 1. The highest BCUT2D eigenvalue weighted by Crippen LogP contribution is 2.32. The number of H-pyrrole nitrogens is 2. The molecule has 0 aliphatic heterocycles. The van der Waals surface area contributed by atoms with Gasteiger partial charge in [0, 0.05) is 35.3 Å². The van der Waals surface area contributed by atoms with E-state index < -0.39 is 0 Å². The van der Waals surface area contributed by atoms with Crippen LogP contribution in [0, 0.1) is 5.82 Å². The van der Waals surface area contributed by atoms with Crippen LogP contribution in [-0.4, -0.2) is 35.1 Å². The molecular weight excluding hydrogens is 407 g/mol. The van der Waals surface area contributed by atoms with Crippen LogP contribution in [-0.2, 0) is 0 Å². The molecule has 5 heterocycles. The van der Waals surface area contributed by atoms with Crippen LogP contribution in [0.2, 0.25) is 0 Å². The zero-order valence-corrected chi connectivity index (χ0v) is 16.5. The lowest BCUT2D eigenvalue weighted by Gasteiger charge is -2.03. The van der Waals surface area contributed by atoms with E-state index in [0.717, 1.165) is 11.1 Å². The van der Waals surface area contributed by atoms with Gasteiger partial charge in [0.25, 0.3) is 0 Å². The number of rotatable bonds is 3. The largest absolute Gasteiger partial charge is 0.397 e. The predicted molar refractivity (Wildman–Crippen MR) is 120 cm³/mol. The van der Waals surface area contributed by atoms with Crippen LogP contribution in [0.5, 0.6) is 0 Å². The van der Waals surface area contributed by atoms with Crippen molar-refractivity contribution in [1.82, 2.24) is 35.1 Å². The molecule has 6 aromatic rings. The van der Waals surface area contributed by atoms with E-state index in [-0.39, 0.29) is 5.82 Å². The van der Waals surface area contributed by atoms with Crippen LogP contribution in [0.1, 0.15) is 0 Å². The molecule has 6 rings (SSSR count). The minimum atomic E-state index is -0.322. The number of benzene rings is 1. The first-order valence-electron chi connectivity index (χ1n) is 9.83. The highest BCUT2D eigenvalue weighted by molar-refractivity contribution is 5.95. The molecule has 0 amide bonds. The van der Waals surface area contributed by atoms with Crippen molar-refractivity contribution in [3.8, 4) is 33.9 Å². The molecule has 0 aliphatic carbocycles. The summed E-state index contributed by atoms with van der Waals surface area (Å²) in [5, 5.41) is 7.39. The lowest BCUT2D eigenvalue weighted by molar-refractivity contribution is 0.631. The molecule has 0 saturated heterocycles. The summed E-state index contributed by atoms with van der Waals surface area (Å²) < 4.78 is 14.4. The van der Waals surface area contributed by atoms with Gasteiger partial charge in [-0.2, -0.15) is 5.10 Å². The Bertz CT molecular complexity index is 1620.